The Kier molecular flexibility index (Phi) is 4.06. The van der Waals surface area contributed by atoms with Crippen LogP contribution in [0.3, 0.4) is 0 Å². The zero-order valence-electron chi connectivity index (χ0n) is 8.58. The lowest BCUT2D eigenvalue weighted by molar-refractivity contribution is -0.131. The van der Waals surface area contributed by atoms with Crippen molar-refractivity contribution >= 4 is 11.8 Å². The van der Waals surface area contributed by atoms with Crippen LogP contribution in [0.25, 0.3) is 10.4 Å². The molecule has 1 aromatic rings. The number of ether oxygens (including phenoxy) is 1. The Bertz CT molecular complexity index is 447. The molecule has 6 nitrogen and oxygen atoms in total. The van der Waals surface area contributed by atoms with E-state index in [0.717, 1.165) is 0 Å². The van der Waals surface area contributed by atoms with Crippen LogP contribution in [0.15, 0.2) is 29.4 Å². The highest BCUT2D eigenvalue weighted by atomic mass is 16.5. The first-order valence-corrected chi connectivity index (χ1v) is 4.46. The summed E-state index contributed by atoms with van der Waals surface area (Å²) >= 11 is 0. The van der Waals surface area contributed by atoms with Gasteiger partial charge in [0, 0.05) is 17.4 Å². The summed E-state index contributed by atoms with van der Waals surface area (Å²) in [6.45, 7) is 1.07. The molecule has 1 aromatic carbocycles. The molecule has 0 N–H and O–H groups in total. The van der Waals surface area contributed by atoms with Crippen molar-refractivity contribution in [2.24, 2.45) is 5.11 Å². The summed E-state index contributed by atoms with van der Waals surface area (Å²) in [5, 5.41) is 3.16. The number of hydrogen-bond donors (Lipinski definition) is 0. The molecule has 0 aromatic heterocycles. The first kappa shape index (κ1) is 11.7. The normalized spacial score (nSPS) is 9.06. The van der Waals surface area contributed by atoms with E-state index in [1.807, 2.05) is 0 Å². The van der Waals surface area contributed by atoms with Crippen LogP contribution in [0.1, 0.15) is 17.3 Å². The number of esters is 1. The van der Waals surface area contributed by atoms with Crippen molar-refractivity contribution in [1.82, 2.24) is 0 Å². The number of benzene rings is 1. The van der Waals surface area contributed by atoms with E-state index in [0.29, 0.717) is 11.3 Å². The Morgan fingerprint density at radius 3 is 2.50 bits per heavy atom. The van der Waals surface area contributed by atoms with Gasteiger partial charge in [-0.25, -0.2) is 0 Å². The maximum atomic E-state index is 11.4. The Labute approximate surface area is 91.5 Å². The number of carbonyl (C=O) groups excluding carboxylic acids is 2. The monoisotopic (exact) mass is 219 g/mol. The highest BCUT2D eigenvalue weighted by molar-refractivity contribution is 5.97. The number of ketones is 1. The SMILES string of the molecule is CC(=O)Oc1ccc(C(=O)CN=[N+]=[N-])cc1. The molecular formula is C10H9N3O3. The van der Waals surface area contributed by atoms with Gasteiger partial charge in [0.25, 0.3) is 0 Å². The van der Waals surface area contributed by atoms with E-state index in [2.05, 4.69) is 10.0 Å². The molecular weight excluding hydrogens is 210 g/mol. The topological polar surface area (TPSA) is 92.1 Å². The average Bonchev–Trinajstić information content (AvgIpc) is 2.26. The molecule has 16 heavy (non-hydrogen) atoms. The van der Waals surface area contributed by atoms with Crippen LogP contribution >= 0.6 is 0 Å². The molecule has 82 valence electrons. The van der Waals surface area contributed by atoms with Crippen LogP contribution in [0.4, 0.5) is 0 Å². The summed E-state index contributed by atoms with van der Waals surface area (Å²) in [4.78, 5) is 24.5. The zero-order chi connectivity index (χ0) is 12.0. The van der Waals surface area contributed by atoms with Crippen LogP contribution in [0, 0.1) is 0 Å². The number of hydrogen-bond acceptors (Lipinski definition) is 4. The van der Waals surface area contributed by atoms with Gasteiger partial charge in [-0.3, -0.25) is 9.59 Å². The van der Waals surface area contributed by atoms with Crippen LogP contribution in [0.2, 0.25) is 0 Å². The van der Waals surface area contributed by atoms with Crippen molar-refractivity contribution in [3.05, 3.63) is 40.3 Å². The zero-order valence-corrected chi connectivity index (χ0v) is 8.58. The van der Waals surface area contributed by atoms with Crippen LogP contribution in [0.5, 0.6) is 5.75 Å². The second kappa shape index (κ2) is 5.53. The number of carbonyl (C=O) groups is 2. The summed E-state index contributed by atoms with van der Waals surface area (Å²) in [5.41, 5.74) is 8.46. The smallest absolute Gasteiger partial charge is 0.308 e. The van der Waals surface area contributed by atoms with E-state index in [1.54, 1.807) is 0 Å². The van der Waals surface area contributed by atoms with E-state index >= 15 is 0 Å². The third-order valence-corrected chi connectivity index (χ3v) is 1.72. The maximum absolute atomic E-state index is 11.4. The Balaban J connectivity index is 2.74. The Morgan fingerprint density at radius 1 is 1.38 bits per heavy atom. The molecule has 0 unspecified atom stereocenters. The standard InChI is InChI=1S/C10H9N3O3/c1-7(14)16-9-4-2-8(3-5-9)10(15)6-12-13-11/h2-5H,6H2,1H3. The van der Waals surface area contributed by atoms with Crippen molar-refractivity contribution in [3.63, 3.8) is 0 Å². The molecule has 0 fully saturated rings. The number of rotatable bonds is 4. The summed E-state index contributed by atoms with van der Waals surface area (Å²) in [6, 6.07) is 6.02. The lowest BCUT2D eigenvalue weighted by Gasteiger charge is -2.01. The fraction of sp³-hybridized carbons (Fsp3) is 0.200. The van der Waals surface area contributed by atoms with Crippen LogP contribution in [-0.2, 0) is 4.79 Å². The highest BCUT2D eigenvalue weighted by Gasteiger charge is 2.05. The van der Waals surface area contributed by atoms with Crippen molar-refractivity contribution in [2.45, 2.75) is 6.92 Å². The van der Waals surface area contributed by atoms with Crippen molar-refractivity contribution in [1.29, 1.82) is 0 Å². The van der Waals surface area contributed by atoms with E-state index < -0.39 is 5.97 Å². The summed E-state index contributed by atoms with van der Waals surface area (Å²) in [7, 11) is 0. The molecule has 0 aliphatic heterocycles. The summed E-state index contributed by atoms with van der Waals surface area (Å²) in [5.74, 6) is -0.340. The van der Waals surface area contributed by atoms with Gasteiger partial charge >= 0.3 is 5.97 Å². The number of azide groups is 1. The number of nitrogens with zero attached hydrogens (tertiary/aromatic N) is 3. The minimum absolute atomic E-state index is 0.219. The third-order valence-electron chi connectivity index (χ3n) is 1.72. The minimum atomic E-state index is -0.423. The van der Waals surface area contributed by atoms with Gasteiger partial charge in [-0.1, -0.05) is 5.11 Å². The van der Waals surface area contributed by atoms with Gasteiger partial charge in [-0.15, -0.1) is 0 Å². The van der Waals surface area contributed by atoms with Gasteiger partial charge in [-0.05, 0) is 29.8 Å². The molecule has 0 radical (unpaired) electrons. The van der Waals surface area contributed by atoms with Crippen LogP contribution < -0.4 is 4.74 Å². The largest absolute Gasteiger partial charge is 0.427 e. The van der Waals surface area contributed by atoms with Gasteiger partial charge in [0.15, 0.2) is 5.78 Å². The fourth-order valence-electron chi connectivity index (χ4n) is 1.06. The molecule has 0 saturated carbocycles. The van der Waals surface area contributed by atoms with E-state index in [-0.39, 0.29) is 12.3 Å². The molecule has 0 atom stereocenters. The van der Waals surface area contributed by atoms with Gasteiger partial charge in [-0.2, -0.15) is 0 Å². The van der Waals surface area contributed by atoms with Gasteiger partial charge in [0.1, 0.15) is 5.75 Å². The van der Waals surface area contributed by atoms with E-state index in [4.69, 9.17) is 10.3 Å². The second-order valence-corrected chi connectivity index (χ2v) is 2.93. The molecule has 0 heterocycles. The minimum Gasteiger partial charge on any atom is -0.427 e. The fourth-order valence-corrected chi connectivity index (χ4v) is 1.06. The van der Waals surface area contributed by atoms with Gasteiger partial charge < -0.3 is 4.74 Å². The molecule has 0 bridgehead atoms. The second-order valence-electron chi connectivity index (χ2n) is 2.93. The Hall–Kier alpha value is -2.33. The quantitative estimate of drug-likeness (QED) is 0.194. The molecule has 0 spiro atoms. The van der Waals surface area contributed by atoms with Gasteiger partial charge in [0.05, 0.1) is 6.54 Å². The highest BCUT2D eigenvalue weighted by Crippen LogP contribution is 2.12. The maximum Gasteiger partial charge on any atom is 0.308 e. The predicted octanol–water partition coefficient (Wildman–Crippen LogP) is 2.10. The van der Waals surface area contributed by atoms with Crippen molar-refractivity contribution in [3.8, 4) is 5.75 Å². The third kappa shape index (κ3) is 3.43. The molecule has 0 aliphatic carbocycles. The molecule has 6 heteroatoms. The van der Waals surface area contributed by atoms with Crippen molar-refractivity contribution < 1.29 is 14.3 Å². The molecule has 0 saturated heterocycles. The number of Topliss-reactive ketones (excluding diaryl/α,β-unsaturated/α-hetero) is 1. The predicted molar refractivity (Wildman–Crippen MR) is 56.1 cm³/mol. The van der Waals surface area contributed by atoms with Gasteiger partial charge in [0.2, 0.25) is 0 Å². The molecule has 0 aliphatic rings. The Morgan fingerprint density at radius 2 is 2.00 bits per heavy atom. The molecule has 1 rings (SSSR count). The average molecular weight is 219 g/mol. The lowest BCUT2D eigenvalue weighted by atomic mass is 10.1. The first-order valence-electron chi connectivity index (χ1n) is 4.46. The van der Waals surface area contributed by atoms with Crippen LogP contribution in [-0.4, -0.2) is 18.3 Å². The molecule has 0 amide bonds. The summed E-state index contributed by atoms with van der Waals surface area (Å²) in [6.07, 6.45) is 0. The lowest BCUT2D eigenvalue weighted by Crippen LogP contribution is -2.04. The summed E-state index contributed by atoms with van der Waals surface area (Å²) < 4.78 is 4.80. The van der Waals surface area contributed by atoms with Crippen molar-refractivity contribution in [2.75, 3.05) is 6.54 Å². The van der Waals surface area contributed by atoms with E-state index in [9.17, 15) is 9.59 Å². The van der Waals surface area contributed by atoms with E-state index in [1.165, 1.54) is 31.2 Å². The first-order chi connectivity index (χ1) is 7.63.